The van der Waals surface area contributed by atoms with Crippen molar-refractivity contribution in [3.63, 3.8) is 0 Å². The van der Waals surface area contributed by atoms with E-state index in [1.165, 1.54) is 17.7 Å². The van der Waals surface area contributed by atoms with Crippen LogP contribution in [0.3, 0.4) is 0 Å². The Kier molecular flexibility index (Phi) is 5.20. The van der Waals surface area contributed by atoms with Crippen molar-refractivity contribution in [2.24, 2.45) is 5.92 Å². The highest BCUT2D eigenvalue weighted by Crippen LogP contribution is 2.20. The monoisotopic (exact) mass is 262 g/mol. The van der Waals surface area contributed by atoms with Crippen molar-refractivity contribution >= 4 is 0 Å². The maximum Gasteiger partial charge on any atom is 0.250 e. The van der Waals surface area contributed by atoms with Crippen molar-refractivity contribution in [3.8, 4) is 0 Å². The summed E-state index contributed by atoms with van der Waals surface area (Å²) < 4.78 is 2.00. The van der Waals surface area contributed by atoms with E-state index in [0.717, 1.165) is 45.3 Å². The predicted octanol–water partition coefficient (Wildman–Crippen LogP) is 2.36. The van der Waals surface area contributed by atoms with E-state index in [4.69, 9.17) is 0 Å². The van der Waals surface area contributed by atoms with Gasteiger partial charge in [0.15, 0.2) is 0 Å². The first-order valence-corrected chi connectivity index (χ1v) is 7.61. The molecule has 0 saturated heterocycles. The highest BCUT2D eigenvalue weighted by molar-refractivity contribution is 5.25. The average Bonchev–Trinajstić information content (AvgIpc) is 2.83. The highest BCUT2D eigenvalue weighted by Gasteiger charge is 2.15. The second-order valence-corrected chi connectivity index (χ2v) is 5.95. The summed E-state index contributed by atoms with van der Waals surface area (Å²) in [4.78, 5) is 11.9. The molecule has 1 heterocycles. The van der Waals surface area contributed by atoms with E-state index in [2.05, 4.69) is 19.2 Å². The van der Waals surface area contributed by atoms with Crippen molar-refractivity contribution in [2.45, 2.75) is 52.5 Å². The molecule has 0 amide bonds. The lowest BCUT2D eigenvalue weighted by molar-refractivity contribution is 0.512. The van der Waals surface area contributed by atoms with E-state index < -0.39 is 0 Å². The zero-order valence-electron chi connectivity index (χ0n) is 12.2. The Balaban J connectivity index is 1.80. The molecular weight excluding hydrogens is 236 g/mol. The number of fused-ring (bicyclic) bond motifs is 1. The second kappa shape index (κ2) is 6.90. The summed E-state index contributed by atoms with van der Waals surface area (Å²) >= 11 is 0. The van der Waals surface area contributed by atoms with Gasteiger partial charge < -0.3 is 9.88 Å². The van der Waals surface area contributed by atoms with Crippen LogP contribution in [-0.2, 0) is 19.4 Å². The van der Waals surface area contributed by atoms with Gasteiger partial charge >= 0.3 is 0 Å². The third kappa shape index (κ3) is 3.93. The third-order valence-corrected chi connectivity index (χ3v) is 3.79. The molecule has 0 aromatic carbocycles. The van der Waals surface area contributed by atoms with Crippen LogP contribution in [0, 0.1) is 5.92 Å². The Bertz CT molecular complexity index is 462. The second-order valence-electron chi connectivity index (χ2n) is 5.95. The van der Waals surface area contributed by atoms with Crippen molar-refractivity contribution in [3.05, 3.63) is 33.7 Å². The summed E-state index contributed by atoms with van der Waals surface area (Å²) in [5.74, 6) is 0.708. The fourth-order valence-electron chi connectivity index (χ4n) is 2.79. The van der Waals surface area contributed by atoms with E-state index in [9.17, 15) is 4.79 Å². The number of nitrogens with zero attached hydrogens (tertiary/aromatic N) is 1. The van der Waals surface area contributed by atoms with Crippen molar-refractivity contribution in [1.29, 1.82) is 0 Å². The molecule has 0 spiro atoms. The molecule has 1 aliphatic rings. The minimum Gasteiger partial charge on any atom is -0.316 e. The molecule has 106 valence electrons. The molecule has 19 heavy (non-hydrogen) atoms. The number of rotatable bonds is 7. The normalized spacial score (nSPS) is 14.1. The molecule has 3 heteroatoms. The summed E-state index contributed by atoms with van der Waals surface area (Å²) in [6.45, 7) is 7.47. The molecule has 0 unspecified atom stereocenters. The topological polar surface area (TPSA) is 34.0 Å². The Morgan fingerprint density at radius 2 is 2.11 bits per heavy atom. The average molecular weight is 262 g/mol. The van der Waals surface area contributed by atoms with Crippen LogP contribution in [0.15, 0.2) is 16.9 Å². The van der Waals surface area contributed by atoms with Crippen molar-refractivity contribution < 1.29 is 0 Å². The molecule has 0 saturated carbocycles. The number of unbranched alkanes of at least 4 members (excludes halogenated alkanes) is 1. The number of nitrogens with one attached hydrogen (secondary N) is 1. The van der Waals surface area contributed by atoms with E-state index in [1.807, 2.05) is 10.6 Å². The van der Waals surface area contributed by atoms with Crippen LogP contribution in [0.25, 0.3) is 0 Å². The fraction of sp³-hybridized carbons (Fsp3) is 0.688. The smallest absolute Gasteiger partial charge is 0.250 e. The molecule has 1 N–H and O–H groups in total. The summed E-state index contributed by atoms with van der Waals surface area (Å²) in [5.41, 5.74) is 2.86. The van der Waals surface area contributed by atoms with Crippen LogP contribution in [-0.4, -0.2) is 17.7 Å². The lowest BCUT2D eigenvalue weighted by Crippen LogP contribution is -2.24. The van der Waals surface area contributed by atoms with Gasteiger partial charge in [-0.25, -0.2) is 0 Å². The third-order valence-electron chi connectivity index (χ3n) is 3.79. The van der Waals surface area contributed by atoms with Crippen LogP contribution in [0.1, 0.15) is 44.4 Å². The summed E-state index contributed by atoms with van der Waals surface area (Å²) in [5, 5.41) is 3.45. The minimum absolute atomic E-state index is 0.177. The van der Waals surface area contributed by atoms with Crippen LogP contribution < -0.4 is 10.9 Å². The maximum atomic E-state index is 11.9. The van der Waals surface area contributed by atoms with Gasteiger partial charge in [-0.15, -0.1) is 0 Å². The van der Waals surface area contributed by atoms with Crippen LogP contribution in [0.4, 0.5) is 0 Å². The van der Waals surface area contributed by atoms with Gasteiger partial charge in [-0.3, -0.25) is 4.79 Å². The first kappa shape index (κ1) is 14.3. The molecule has 1 aliphatic carbocycles. The summed E-state index contributed by atoms with van der Waals surface area (Å²) in [6.07, 6.45) is 5.65. The summed E-state index contributed by atoms with van der Waals surface area (Å²) in [6, 6.07) is 3.76. The largest absolute Gasteiger partial charge is 0.316 e. The quantitative estimate of drug-likeness (QED) is 0.765. The number of pyridine rings is 1. The molecule has 1 aromatic rings. The first-order valence-electron chi connectivity index (χ1n) is 7.61. The molecule has 0 aliphatic heterocycles. The number of hydrogen-bond donors (Lipinski definition) is 1. The van der Waals surface area contributed by atoms with Crippen LogP contribution >= 0.6 is 0 Å². The Hall–Kier alpha value is -1.09. The number of aryl methyl sites for hydroxylation is 1. The van der Waals surface area contributed by atoms with E-state index in [1.54, 1.807) is 6.07 Å². The van der Waals surface area contributed by atoms with Gasteiger partial charge in [0, 0.05) is 18.3 Å². The minimum atomic E-state index is 0.177. The summed E-state index contributed by atoms with van der Waals surface area (Å²) in [7, 11) is 0. The first-order chi connectivity index (χ1) is 9.18. The molecule has 0 atom stereocenters. The molecule has 0 fully saturated rings. The zero-order valence-corrected chi connectivity index (χ0v) is 12.2. The van der Waals surface area contributed by atoms with Gasteiger partial charge in [0.1, 0.15) is 0 Å². The molecule has 2 rings (SSSR count). The van der Waals surface area contributed by atoms with Gasteiger partial charge in [0.05, 0.1) is 0 Å². The molecule has 1 aromatic heterocycles. The maximum absolute atomic E-state index is 11.9. The lowest BCUT2D eigenvalue weighted by Gasteiger charge is -2.12. The predicted molar refractivity (Wildman–Crippen MR) is 79.7 cm³/mol. The van der Waals surface area contributed by atoms with E-state index in [0.29, 0.717) is 5.92 Å². The van der Waals surface area contributed by atoms with E-state index in [-0.39, 0.29) is 5.56 Å². The van der Waals surface area contributed by atoms with Crippen LogP contribution in [0.2, 0.25) is 0 Å². The Morgan fingerprint density at radius 3 is 2.89 bits per heavy atom. The van der Waals surface area contributed by atoms with Gasteiger partial charge in [0.25, 0.3) is 5.56 Å². The SMILES string of the molecule is CC(C)CNCCCCn1c2c(ccc1=O)CCC2. The number of hydrogen-bond acceptors (Lipinski definition) is 2. The number of aromatic nitrogens is 1. The molecule has 0 bridgehead atoms. The van der Waals surface area contributed by atoms with E-state index >= 15 is 0 Å². The fourth-order valence-corrected chi connectivity index (χ4v) is 2.79. The van der Waals surface area contributed by atoms with Gasteiger partial charge in [-0.05, 0) is 56.7 Å². The van der Waals surface area contributed by atoms with Gasteiger partial charge in [-0.2, -0.15) is 0 Å². The zero-order chi connectivity index (χ0) is 13.7. The Morgan fingerprint density at radius 1 is 1.26 bits per heavy atom. The van der Waals surface area contributed by atoms with Gasteiger partial charge in [-0.1, -0.05) is 19.9 Å². The highest BCUT2D eigenvalue weighted by atomic mass is 16.1. The molecule has 0 radical (unpaired) electrons. The van der Waals surface area contributed by atoms with Crippen molar-refractivity contribution in [2.75, 3.05) is 13.1 Å². The molecular formula is C16H26N2O. The standard InChI is InChI=1S/C16H26N2O/c1-13(2)12-17-10-3-4-11-18-15-7-5-6-14(15)8-9-16(18)19/h8-9,13,17H,3-7,10-12H2,1-2H3. The Labute approximate surface area is 116 Å². The van der Waals surface area contributed by atoms with Crippen LogP contribution in [0.5, 0.6) is 0 Å². The lowest BCUT2D eigenvalue weighted by atomic mass is 10.2. The van der Waals surface area contributed by atoms with Gasteiger partial charge in [0.2, 0.25) is 0 Å². The molecule has 3 nitrogen and oxygen atoms in total. The van der Waals surface area contributed by atoms with Crippen molar-refractivity contribution in [1.82, 2.24) is 9.88 Å².